The van der Waals surface area contributed by atoms with Gasteiger partial charge in [-0.15, -0.1) is 0 Å². The van der Waals surface area contributed by atoms with E-state index in [-0.39, 0.29) is 11.4 Å². The molecule has 0 aliphatic carbocycles. The summed E-state index contributed by atoms with van der Waals surface area (Å²) in [5.41, 5.74) is 1.63. The largest absolute Gasteiger partial charge is 0.495 e. The number of carbonyl (C=O) groups excluding carboxylic acids is 2. The van der Waals surface area contributed by atoms with E-state index in [9.17, 15) is 18.0 Å². The number of methoxy groups -OCH3 is 1. The van der Waals surface area contributed by atoms with Crippen molar-refractivity contribution in [3.05, 3.63) is 52.5 Å². The van der Waals surface area contributed by atoms with Gasteiger partial charge in [-0.2, -0.15) is 0 Å². The van der Waals surface area contributed by atoms with Crippen LogP contribution < -0.4 is 20.5 Å². The van der Waals surface area contributed by atoms with Crippen LogP contribution >= 0.6 is 11.6 Å². The molecule has 0 bridgehead atoms. The van der Waals surface area contributed by atoms with E-state index in [0.717, 1.165) is 0 Å². The van der Waals surface area contributed by atoms with Gasteiger partial charge in [0.05, 0.1) is 17.7 Å². The number of primary sulfonamides is 1. The smallest absolute Gasteiger partial charge is 0.313 e. The van der Waals surface area contributed by atoms with Crippen LogP contribution in [0.25, 0.3) is 0 Å². The SMILES string of the molecule is COc1cc(Cl)c(C)cc1NC(=O)C(=O)NCc1ccc(S(N)(=O)=O)cc1. The minimum atomic E-state index is -3.78. The number of rotatable bonds is 5. The first-order chi connectivity index (χ1) is 12.6. The molecule has 0 unspecified atom stereocenters. The zero-order valence-corrected chi connectivity index (χ0v) is 16.1. The highest BCUT2D eigenvalue weighted by atomic mass is 35.5. The number of hydrogen-bond donors (Lipinski definition) is 3. The fourth-order valence-corrected chi connectivity index (χ4v) is 2.84. The van der Waals surface area contributed by atoms with E-state index in [0.29, 0.717) is 27.6 Å². The highest BCUT2D eigenvalue weighted by Gasteiger charge is 2.17. The Bertz CT molecular complexity index is 975. The Kier molecular flexibility index (Phi) is 6.42. The maximum atomic E-state index is 12.1. The molecule has 0 radical (unpaired) electrons. The third kappa shape index (κ3) is 5.43. The predicted molar refractivity (Wildman–Crippen MR) is 101 cm³/mol. The molecule has 2 rings (SSSR count). The van der Waals surface area contributed by atoms with Crippen molar-refractivity contribution in [2.75, 3.05) is 12.4 Å². The summed E-state index contributed by atoms with van der Waals surface area (Å²) in [6.07, 6.45) is 0. The Balaban J connectivity index is 2.00. The lowest BCUT2D eigenvalue weighted by molar-refractivity contribution is -0.136. The number of aryl methyl sites for hydroxylation is 1. The first-order valence-electron chi connectivity index (χ1n) is 7.67. The Morgan fingerprint density at radius 1 is 1.15 bits per heavy atom. The van der Waals surface area contributed by atoms with Gasteiger partial charge in [-0.1, -0.05) is 23.7 Å². The summed E-state index contributed by atoms with van der Waals surface area (Å²) in [7, 11) is -2.37. The fraction of sp³-hybridized carbons (Fsp3) is 0.176. The molecule has 4 N–H and O–H groups in total. The zero-order valence-electron chi connectivity index (χ0n) is 14.6. The van der Waals surface area contributed by atoms with Gasteiger partial charge in [0, 0.05) is 17.6 Å². The molecule has 27 heavy (non-hydrogen) atoms. The fourth-order valence-electron chi connectivity index (χ4n) is 2.17. The van der Waals surface area contributed by atoms with Crippen LogP contribution in [-0.4, -0.2) is 27.3 Å². The number of nitrogens with one attached hydrogen (secondary N) is 2. The molecular formula is C17H18ClN3O5S. The Morgan fingerprint density at radius 3 is 2.33 bits per heavy atom. The van der Waals surface area contributed by atoms with Gasteiger partial charge in [0.25, 0.3) is 0 Å². The van der Waals surface area contributed by atoms with Gasteiger partial charge in [-0.05, 0) is 36.2 Å². The van der Waals surface area contributed by atoms with Crippen molar-refractivity contribution in [3.63, 3.8) is 0 Å². The van der Waals surface area contributed by atoms with Crippen LogP contribution in [0, 0.1) is 6.92 Å². The van der Waals surface area contributed by atoms with Gasteiger partial charge >= 0.3 is 11.8 Å². The monoisotopic (exact) mass is 411 g/mol. The lowest BCUT2D eigenvalue weighted by Gasteiger charge is -2.12. The number of anilines is 1. The van der Waals surface area contributed by atoms with Crippen LogP contribution in [-0.2, 0) is 26.2 Å². The number of ether oxygens (including phenoxy) is 1. The van der Waals surface area contributed by atoms with Crippen LogP contribution in [0.15, 0.2) is 41.3 Å². The maximum absolute atomic E-state index is 12.1. The van der Waals surface area contributed by atoms with Crippen molar-refractivity contribution in [1.29, 1.82) is 0 Å². The molecule has 2 aromatic carbocycles. The number of sulfonamides is 1. The van der Waals surface area contributed by atoms with E-state index in [1.165, 1.54) is 37.4 Å². The molecule has 0 aliphatic heterocycles. The molecule has 144 valence electrons. The van der Waals surface area contributed by atoms with Crippen molar-refractivity contribution in [2.24, 2.45) is 5.14 Å². The average molecular weight is 412 g/mol. The minimum Gasteiger partial charge on any atom is -0.495 e. The summed E-state index contributed by atoms with van der Waals surface area (Å²) >= 11 is 6.00. The van der Waals surface area contributed by atoms with E-state index < -0.39 is 21.8 Å². The van der Waals surface area contributed by atoms with Gasteiger partial charge in [0.2, 0.25) is 10.0 Å². The van der Waals surface area contributed by atoms with E-state index >= 15 is 0 Å². The summed E-state index contributed by atoms with van der Waals surface area (Å²) in [6.45, 7) is 1.79. The molecule has 0 fully saturated rings. The molecule has 8 nitrogen and oxygen atoms in total. The number of carbonyl (C=O) groups is 2. The van der Waals surface area contributed by atoms with E-state index in [1.807, 2.05) is 0 Å². The number of halogens is 1. The molecule has 0 atom stereocenters. The molecule has 0 aliphatic rings. The van der Waals surface area contributed by atoms with Crippen molar-refractivity contribution >= 4 is 39.1 Å². The Hall–Kier alpha value is -2.62. The van der Waals surface area contributed by atoms with Crippen LogP contribution in [0.4, 0.5) is 5.69 Å². The second kappa shape index (κ2) is 8.38. The molecule has 2 amide bonds. The predicted octanol–water partition coefficient (Wildman–Crippen LogP) is 1.56. The van der Waals surface area contributed by atoms with Crippen molar-refractivity contribution < 1.29 is 22.7 Å². The van der Waals surface area contributed by atoms with Crippen LogP contribution in [0.3, 0.4) is 0 Å². The Morgan fingerprint density at radius 2 is 1.78 bits per heavy atom. The lowest BCUT2D eigenvalue weighted by Crippen LogP contribution is -2.35. The standard InChI is InChI=1S/C17H18ClN3O5S/c1-10-7-14(15(26-2)8-13(10)18)21-17(23)16(22)20-9-11-3-5-12(6-4-11)27(19,24)25/h3-8H,9H2,1-2H3,(H,20,22)(H,21,23)(H2,19,24,25). The third-order valence-corrected chi connectivity index (χ3v) is 4.98. The maximum Gasteiger partial charge on any atom is 0.313 e. The van der Waals surface area contributed by atoms with Crippen molar-refractivity contribution in [1.82, 2.24) is 5.32 Å². The first kappa shape index (κ1) is 20.7. The minimum absolute atomic E-state index is 0.0356. The van der Waals surface area contributed by atoms with Crippen LogP contribution in [0.2, 0.25) is 5.02 Å². The molecular weight excluding hydrogens is 394 g/mol. The van der Waals surface area contributed by atoms with E-state index in [4.69, 9.17) is 21.5 Å². The summed E-state index contributed by atoms with van der Waals surface area (Å²) in [5, 5.41) is 10.4. The van der Waals surface area contributed by atoms with Gasteiger partial charge in [-0.25, -0.2) is 13.6 Å². The molecule has 0 saturated carbocycles. The number of nitrogens with two attached hydrogens (primary N) is 1. The van der Waals surface area contributed by atoms with E-state index in [2.05, 4.69) is 10.6 Å². The number of amides is 2. The van der Waals surface area contributed by atoms with Gasteiger partial charge in [0.15, 0.2) is 0 Å². The second-order valence-corrected chi connectivity index (χ2v) is 7.60. The van der Waals surface area contributed by atoms with Crippen molar-refractivity contribution in [2.45, 2.75) is 18.4 Å². The number of benzene rings is 2. The van der Waals surface area contributed by atoms with Gasteiger partial charge in [0.1, 0.15) is 5.75 Å². The Labute approximate surface area is 161 Å². The van der Waals surface area contributed by atoms with Gasteiger partial charge in [-0.3, -0.25) is 9.59 Å². The van der Waals surface area contributed by atoms with Gasteiger partial charge < -0.3 is 15.4 Å². The first-order valence-corrected chi connectivity index (χ1v) is 9.59. The number of hydrogen-bond acceptors (Lipinski definition) is 5. The molecule has 10 heteroatoms. The summed E-state index contributed by atoms with van der Waals surface area (Å²) in [4.78, 5) is 24.0. The summed E-state index contributed by atoms with van der Waals surface area (Å²) in [6, 6.07) is 8.75. The van der Waals surface area contributed by atoms with Crippen LogP contribution in [0.5, 0.6) is 5.75 Å². The molecule has 0 spiro atoms. The summed E-state index contributed by atoms with van der Waals surface area (Å²) < 4.78 is 27.6. The average Bonchev–Trinajstić information content (AvgIpc) is 2.62. The molecule has 0 heterocycles. The quantitative estimate of drug-likeness (QED) is 0.643. The highest BCUT2D eigenvalue weighted by molar-refractivity contribution is 7.89. The van der Waals surface area contributed by atoms with E-state index in [1.54, 1.807) is 13.0 Å². The third-order valence-electron chi connectivity index (χ3n) is 3.64. The normalized spacial score (nSPS) is 11.0. The molecule has 2 aromatic rings. The topological polar surface area (TPSA) is 128 Å². The van der Waals surface area contributed by atoms with Crippen LogP contribution in [0.1, 0.15) is 11.1 Å². The molecule has 0 saturated heterocycles. The zero-order chi connectivity index (χ0) is 20.2. The molecule has 0 aromatic heterocycles. The summed E-state index contributed by atoms with van der Waals surface area (Å²) in [5.74, 6) is -1.42. The second-order valence-electron chi connectivity index (χ2n) is 5.63. The highest BCUT2D eigenvalue weighted by Crippen LogP contribution is 2.30. The van der Waals surface area contributed by atoms with Crippen molar-refractivity contribution in [3.8, 4) is 5.75 Å². The lowest BCUT2D eigenvalue weighted by atomic mass is 10.2.